The predicted octanol–water partition coefficient (Wildman–Crippen LogP) is 2.90. The van der Waals surface area contributed by atoms with Gasteiger partial charge >= 0.3 is 0 Å². The van der Waals surface area contributed by atoms with Crippen LogP contribution in [0.1, 0.15) is 51.3 Å². The summed E-state index contributed by atoms with van der Waals surface area (Å²) in [7, 11) is 0. The average Bonchev–Trinajstić information content (AvgIpc) is 2.35. The number of hydrogen-bond donors (Lipinski definition) is 3. The quantitative estimate of drug-likeness (QED) is 0.535. The molecule has 0 unspecified atom stereocenters. The molecule has 0 radical (unpaired) electrons. The van der Waals surface area contributed by atoms with Crippen LogP contribution in [0.2, 0.25) is 0 Å². The third kappa shape index (κ3) is 6.23. The third-order valence-electron chi connectivity index (χ3n) is 2.47. The molecule has 0 atom stereocenters. The van der Waals surface area contributed by atoms with Crippen molar-refractivity contribution in [3.05, 3.63) is 23.4 Å². The highest BCUT2D eigenvalue weighted by Gasteiger charge is 2.02. The highest BCUT2D eigenvalue weighted by atomic mass is 14.8. The maximum atomic E-state index is 7.12. The van der Waals surface area contributed by atoms with E-state index >= 15 is 0 Å². The summed E-state index contributed by atoms with van der Waals surface area (Å²) in [5.41, 5.74) is 13.3. The van der Waals surface area contributed by atoms with E-state index in [1.165, 1.54) is 0 Å². The van der Waals surface area contributed by atoms with Crippen molar-refractivity contribution in [1.29, 1.82) is 5.41 Å². The lowest BCUT2D eigenvalue weighted by Crippen LogP contribution is -2.09. The molecule has 18 heavy (non-hydrogen) atoms. The molecule has 0 aliphatic heterocycles. The van der Waals surface area contributed by atoms with Gasteiger partial charge in [0.15, 0.2) is 0 Å². The first-order valence-electron chi connectivity index (χ1n) is 6.70. The number of nitrogens with zero attached hydrogens (tertiary/aromatic N) is 1. The topological polar surface area (TPSA) is 88.8 Å². The van der Waals surface area contributed by atoms with Crippen LogP contribution in [0.15, 0.2) is 12.1 Å². The van der Waals surface area contributed by atoms with Crippen LogP contribution in [0, 0.1) is 5.41 Å². The molecule has 4 heteroatoms. The lowest BCUT2D eigenvalue weighted by Gasteiger charge is -2.06. The Bertz CT molecular complexity index is 361. The molecule has 0 aliphatic rings. The summed E-state index contributed by atoms with van der Waals surface area (Å²) >= 11 is 0. The maximum Gasteiger partial charge on any atom is 0.126 e. The van der Waals surface area contributed by atoms with Crippen molar-refractivity contribution in [2.24, 2.45) is 5.73 Å². The van der Waals surface area contributed by atoms with Gasteiger partial charge < -0.3 is 11.5 Å². The van der Waals surface area contributed by atoms with E-state index in [2.05, 4.69) is 18.0 Å². The fraction of sp³-hybridized carbons (Fsp3) is 0.571. The molecule has 102 valence electrons. The summed E-state index contributed by atoms with van der Waals surface area (Å²) < 4.78 is 0. The summed E-state index contributed by atoms with van der Waals surface area (Å²) in [4.78, 5) is 4.36. The lowest BCUT2D eigenvalue weighted by atomic mass is 10.1. The zero-order valence-corrected chi connectivity index (χ0v) is 11.8. The van der Waals surface area contributed by atoms with Crippen molar-refractivity contribution in [2.75, 3.05) is 5.73 Å². The van der Waals surface area contributed by atoms with E-state index in [0.29, 0.717) is 12.2 Å². The number of nitrogens with two attached hydrogens (primary N) is 2. The molecule has 0 aliphatic carbocycles. The van der Waals surface area contributed by atoms with Gasteiger partial charge in [-0.3, -0.25) is 5.41 Å². The van der Waals surface area contributed by atoms with Gasteiger partial charge in [-0.25, -0.2) is 4.98 Å². The molecule has 1 heterocycles. The van der Waals surface area contributed by atoms with E-state index in [1.54, 1.807) is 0 Å². The zero-order chi connectivity index (χ0) is 14.0. The Morgan fingerprint density at radius 3 is 2.44 bits per heavy atom. The molecule has 1 aromatic heterocycles. The highest BCUT2D eigenvalue weighted by molar-refractivity contribution is 5.76. The summed E-state index contributed by atoms with van der Waals surface area (Å²) in [5, 5.41) is 7.12. The number of anilines is 1. The molecule has 1 aromatic rings. The molecule has 1 rings (SSSR count). The SMILES string of the molecule is CC.CCCc1ccc(CCCC(=N)N)nc1N. The largest absolute Gasteiger partial charge is 0.388 e. The fourth-order valence-corrected chi connectivity index (χ4v) is 1.63. The van der Waals surface area contributed by atoms with Gasteiger partial charge in [-0.1, -0.05) is 33.3 Å². The molecule has 4 nitrogen and oxygen atoms in total. The van der Waals surface area contributed by atoms with Gasteiger partial charge in [-0.15, -0.1) is 0 Å². The minimum atomic E-state index is 0.232. The highest BCUT2D eigenvalue weighted by Crippen LogP contribution is 2.13. The number of pyridine rings is 1. The summed E-state index contributed by atoms with van der Waals surface area (Å²) in [6.45, 7) is 6.13. The summed E-state index contributed by atoms with van der Waals surface area (Å²) in [6.07, 6.45) is 4.37. The first-order chi connectivity index (χ1) is 8.63. The Morgan fingerprint density at radius 1 is 1.28 bits per heavy atom. The van der Waals surface area contributed by atoms with E-state index < -0.39 is 0 Å². The van der Waals surface area contributed by atoms with Crippen LogP contribution in [0.5, 0.6) is 0 Å². The van der Waals surface area contributed by atoms with Gasteiger partial charge in [0.25, 0.3) is 0 Å². The van der Waals surface area contributed by atoms with Gasteiger partial charge in [0.05, 0.1) is 5.84 Å². The van der Waals surface area contributed by atoms with Crippen LogP contribution < -0.4 is 11.5 Å². The van der Waals surface area contributed by atoms with Crippen LogP contribution in [0.25, 0.3) is 0 Å². The second-order valence-electron chi connectivity index (χ2n) is 3.98. The Kier molecular flexibility index (Phi) is 8.62. The van der Waals surface area contributed by atoms with Crippen molar-refractivity contribution in [1.82, 2.24) is 4.98 Å². The van der Waals surface area contributed by atoms with Crippen molar-refractivity contribution >= 4 is 11.7 Å². The van der Waals surface area contributed by atoms with Crippen molar-refractivity contribution in [3.8, 4) is 0 Å². The number of nitrogens with one attached hydrogen (secondary N) is 1. The Balaban J connectivity index is 0.00000137. The fourth-order valence-electron chi connectivity index (χ4n) is 1.63. The number of nitrogen functional groups attached to an aromatic ring is 1. The van der Waals surface area contributed by atoms with Gasteiger partial charge in [0, 0.05) is 12.1 Å². The number of aryl methyl sites for hydroxylation is 2. The maximum absolute atomic E-state index is 7.12. The molecular weight excluding hydrogens is 224 g/mol. The second kappa shape index (κ2) is 9.45. The number of hydrogen-bond acceptors (Lipinski definition) is 3. The smallest absolute Gasteiger partial charge is 0.126 e. The molecule has 0 aromatic carbocycles. The molecule has 5 N–H and O–H groups in total. The number of amidine groups is 1. The van der Waals surface area contributed by atoms with E-state index in [0.717, 1.165) is 36.9 Å². The molecule has 0 saturated carbocycles. The molecular formula is C14H26N4. The van der Waals surface area contributed by atoms with E-state index in [1.807, 2.05) is 19.9 Å². The zero-order valence-electron chi connectivity index (χ0n) is 11.8. The van der Waals surface area contributed by atoms with Crippen LogP contribution >= 0.6 is 0 Å². The van der Waals surface area contributed by atoms with Crippen molar-refractivity contribution in [3.63, 3.8) is 0 Å². The Morgan fingerprint density at radius 2 is 1.94 bits per heavy atom. The van der Waals surface area contributed by atoms with Crippen LogP contribution in [0.4, 0.5) is 5.82 Å². The second-order valence-corrected chi connectivity index (χ2v) is 3.98. The first kappa shape index (κ1) is 16.4. The molecule has 0 fully saturated rings. The van der Waals surface area contributed by atoms with Crippen molar-refractivity contribution < 1.29 is 0 Å². The Labute approximate surface area is 110 Å². The third-order valence-corrected chi connectivity index (χ3v) is 2.47. The van der Waals surface area contributed by atoms with Crippen molar-refractivity contribution in [2.45, 2.75) is 52.9 Å². The van der Waals surface area contributed by atoms with Gasteiger partial charge in [0.1, 0.15) is 5.82 Å². The minimum absolute atomic E-state index is 0.232. The standard InChI is InChI=1S/C12H20N4.C2H6/c1-2-4-9-7-8-10(16-12(9)15)5-3-6-11(13)14;1-2/h7-8H,2-6H2,1H3,(H3,13,14)(H2,15,16);1-2H3. The number of aromatic nitrogens is 1. The summed E-state index contributed by atoms with van der Waals surface area (Å²) in [6, 6.07) is 4.07. The first-order valence-corrected chi connectivity index (χ1v) is 6.70. The van der Waals surface area contributed by atoms with E-state index in [-0.39, 0.29) is 5.84 Å². The Hall–Kier alpha value is -1.58. The van der Waals surface area contributed by atoms with Gasteiger partial charge in [-0.2, -0.15) is 0 Å². The van der Waals surface area contributed by atoms with Crippen LogP contribution in [0.3, 0.4) is 0 Å². The lowest BCUT2D eigenvalue weighted by molar-refractivity contribution is 0.826. The van der Waals surface area contributed by atoms with Crippen LogP contribution in [-0.2, 0) is 12.8 Å². The average molecular weight is 250 g/mol. The minimum Gasteiger partial charge on any atom is -0.388 e. The normalized spacial score (nSPS) is 9.50. The number of rotatable bonds is 6. The van der Waals surface area contributed by atoms with Crippen LogP contribution in [-0.4, -0.2) is 10.8 Å². The molecule has 0 saturated heterocycles. The molecule has 0 bridgehead atoms. The molecule has 0 spiro atoms. The van der Waals surface area contributed by atoms with Gasteiger partial charge in [-0.05, 0) is 30.9 Å². The monoisotopic (exact) mass is 250 g/mol. The summed E-state index contributed by atoms with van der Waals surface area (Å²) in [5.74, 6) is 0.873. The molecule has 0 amide bonds. The van der Waals surface area contributed by atoms with Gasteiger partial charge in [0.2, 0.25) is 0 Å². The van der Waals surface area contributed by atoms with E-state index in [4.69, 9.17) is 16.9 Å². The predicted molar refractivity (Wildman–Crippen MR) is 78.8 cm³/mol. The van der Waals surface area contributed by atoms with E-state index in [9.17, 15) is 0 Å².